The molecule has 0 aliphatic rings. The minimum Gasteiger partial charge on any atom is -0.480 e. The molecule has 1 aromatic heterocycles. The summed E-state index contributed by atoms with van der Waals surface area (Å²) in [4.78, 5) is 26.6. The van der Waals surface area contributed by atoms with Crippen molar-refractivity contribution in [2.45, 2.75) is 26.3 Å². The van der Waals surface area contributed by atoms with Gasteiger partial charge in [0, 0.05) is 12.4 Å². The largest absolute Gasteiger partial charge is 0.480 e. The van der Waals surface area contributed by atoms with Crippen molar-refractivity contribution in [2.24, 2.45) is 0 Å². The summed E-state index contributed by atoms with van der Waals surface area (Å²) >= 11 is 0. The van der Waals surface area contributed by atoms with Crippen molar-refractivity contribution < 1.29 is 14.7 Å². The van der Waals surface area contributed by atoms with Crippen molar-refractivity contribution >= 4 is 11.9 Å². The van der Waals surface area contributed by atoms with Crippen LogP contribution in [0.1, 0.15) is 30.6 Å². The summed E-state index contributed by atoms with van der Waals surface area (Å²) in [5.41, 5.74) is 1.36. The first kappa shape index (κ1) is 13.9. The SMILES string of the molecule is CC(C)=CC[C@H](NC(=O)c1cccnc1)C(=O)O. The number of aliphatic carboxylic acids is 1. The number of allylic oxidation sites excluding steroid dienone is 1. The third-order valence-corrected chi connectivity index (χ3v) is 2.29. The van der Waals surface area contributed by atoms with E-state index in [9.17, 15) is 9.59 Å². The number of carbonyl (C=O) groups is 2. The normalized spacial score (nSPS) is 11.4. The fraction of sp³-hybridized carbons (Fsp3) is 0.308. The van der Waals surface area contributed by atoms with Crippen LogP contribution < -0.4 is 5.32 Å². The quantitative estimate of drug-likeness (QED) is 0.776. The second-order valence-electron chi connectivity index (χ2n) is 4.12. The summed E-state index contributed by atoms with van der Waals surface area (Å²) < 4.78 is 0. The predicted molar refractivity (Wildman–Crippen MR) is 67.2 cm³/mol. The second kappa shape index (κ2) is 6.54. The van der Waals surface area contributed by atoms with Gasteiger partial charge in [-0.2, -0.15) is 0 Å². The Morgan fingerprint density at radius 1 is 1.50 bits per heavy atom. The van der Waals surface area contributed by atoms with Crippen LogP contribution in [0, 0.1) is 0 Å². The number of nitrogens with one attached hydrogen (secondary N) is 1. The summed E-state index contributed by atoms with van der Waals surface area (Å²) in [5, 5.41) is 11.5. The molecule has 96 valence electrons. The van der Waals surface area contributed by atoms with Crippen molar-refractivity contribution in [1.29, 1.82) is 0 Å². The lowest BCUT2D eigenvalue weighted by Crippen LogP contribution is -2.40. The van der Waals surface area contributed by atoms with E-state index in [0.29, 0.717) is 5.56 Å². The zero-order chi connectivity index (χ0) is 13.5. The second-order valence-corrected chi connectivity index (χ2v) is 4.12. The first-order valence-electron chi connectivity index (χ1n) is 5.57. The zero-order valence-electron chi connectivity index (χ0n) is 10.4. The number of amides is 1. The molecule has 1 amide bonds. The lowest BCUT2D eigenvalue weighted by Gasteiger charge is -2.12. The molecule has 0 fully saturated rings. The van der Waals surface area contributed by atoms with Crippen LogP contribution in [0.25, 0.3) is 0 Å². The van der Waals surface area contributed by atoms with Gasteiger partial charge in [0.1, 0.15) is 6.04 Å². The van der Waals surface area contributed by atoms with Gasteiger partial charge in [-0.15, -0.1) is 0 Å². The van der Waals surface area contributed by atoms with E-state index in [0.717, 1.165) is 5.57 Å². The van der Waals surface area contributed by atoms with Crippen LogP contribution in [-0.2, 0) is 4.79 Å². The molecule has 5 nitrogen and oxygen atoms in total. The highest BCUT2D eigenvalue weighted by Crippen LogP contribution is 2.02. The van der Waals surface area contributed by atoms with E-state index in [4.69, 9.17) is 5.11 Å². The summed E-state index contributed by atoms with van der Waals surface area (Å²) in [6, 6.07) is 2.29. The van der Waals surface area contributed by atoms with E-state index in [-0.39, 0.29) is 6.42 Å². The summed E-state index contributed by atoms with van der Waals surface area (Å²) in [6.07, 6.45) is 5.00. The molecular formula is C13H16N2O3. The van der Waals surface area contributed by atoms with E-state index >= 15 is 0 Å². The summed E-state index contributed by atoms with van der Waals surface area (Å²) in [7, 11) is 0. The lowest BCUT2D eigenvalue weighted by molar-refractivity contribution is -0.139. The number of carboxylic acids is 1. The topological polar surface area (TPSA) is 79.3 Å². The molecule has 1 atom stereocenters. The van der Waals surface area contributed by atoms with Crippen LogP contribution >= 0.6 is 0 Å². The van der Waals surface area contributed by atoms with Gasteiger partial charge in [0.15, 0.2) is 0 Å². The van der Waals surface area contributed by atoms with Crippen molar-refractivity contribution in [3.63, 3.8) is 0 Å². The average molecular weight is 248 g/mol. The number of nitrogens with zero attached hydrogens (tertiary/aromatic N) is 1. The number of rotatable bonds is 5. The van der Waals surface area contributed by atoms with E-state index in [1.165, 1.54) is 6.20 Å². The van der Waals surface area contributed by atoms with Crippen LogP contribution in [0.15, 0.2) is 36.2 Å². The Hall–Kier alpha value is -2.17. The minimum atomic E-state index is -1.05. The molecule has 0 aliphatic carbocycles. The fourth-order valence-corrected chi connectivity index (χ4v) is 1.31. The van der Waals surface area contributed by atoms with Crippen molar-refractivity contribution in [2.75, 3.05) is 0 Å². The van der Waals surface area contributed by atoms with Crippen LogP contribution in [0.2, 0.25) is 0 Å². The molecule has 2 N–H and O–H groups in total. The standard InChI is InChI=1S/C13H16N2O3/c1-9(2)5-6-11(13(17)18)15-12(16)10-4-3-7-14-8-10/h3-5,7-8,11H,6H2,1-2H3,(H,15,16)(H,17,18)/t11-/m0/s1. The van der Waals surface area contributed by atoms with E-state index in [1.807, 2.05) is 13.8 Å². The van der Waals surface area contributed by atoms with Gasteiger partial charge in [0.25, 0.3) is 5.91 Å². The molecule has 1 rings (SSSR count). The van der Waals surface area contributed by atoms with Crippen LogP contribution in [0.4, 0.5) is 0 Å². The molecule has 0 radical (unpaired) electrons. The first-order valence-corrected chi connectivity index (χ1v) is 5.57. The number of hydrogen-bond acceptors (Lipinski definition) is 3. The maximum absolute atomic E-state index is 11.8. The van der Waals surface area contributed by atoms with Gasteiger partial charge < -0.3 is 10.4 Å². The Balaban J connectivity index is 2.70. The van der Waals surface area contributed by atoms with Gasteiger partial charge in [-0.25, -0.2) is 4.79 Å². The molecule has 0 saturated heterocycles. The first-order chi connectivity index (χ1) is 8.50. The molecule has 0 bridgehead atoms. The molecule has 5 heteroatoms. The van der Waals surface area contributed by atoms with Gasteiger partial charge in [-0.05, 0) is 32.4 Å². The fourth-order valence-electron chi connectivity index (χ4n) is 1.31. The van der Waals surface area contributed by atoms with Gasteiger partial charge in [-0.3, -0.25) is 9.78 Å². The highest BCUT2D eigenvalue weighted by Gasteiger charge is 2.19. The lowest BCUT2D eigenvalue weighted by atomic mass is 10.1. The molecular weight excluding hydrogens is 232 g/mol. The maximum Gasteiger partial charge on any atom is 0.326 e. The number of pyridine rings is 1. The molecule has 1 aromatic rings. The molecule has 1 heterocycles. The van der Waals surface area contributed by atoms with Gasteiger partial charge in [0.05, 0.1) is 5.56 Å². The van der Waals surface area contributed by atoms with Crippen LogP contribution in [-0.4, -0.2) is 28.0 Å². The summed E-state index contributed by atoms with van der Waals surface area (Å²) in [6.45, 7) is 3.75. The number of aromatic nitrogens is 1. The smallest absolute Gasteiger partial charge is 0.326 e. The van der Waals surface area contributed by atoms with Crippen LogP contribution in [0.3, 0.4) is 0 Å². The zero-order valence-corrected chi connectivity index (χ0v) is 10.4. The predicted octanol–water partition coefficient (Wildman–Crippen LogP) is 1.62. The highest BCUT2D eigenvalue weighted by molar-refractivity contribution is 5.96. The minimum absolute atomic E-state index is 0.268. The summed E-state index contributed by atoms with van der Waals surface area (Å²) in [5.74, 6) is -1.48. The van der Waals surface area contributed by atoms with E-state index < -0.39 is 17.9 Å². The third kappa shape index (κ3) is 4.37. The van der Waals surface area contributed by atoms with Crippen molar-refractivity contribution in [3.8, 4) is 0 Å². The third-order valence-electron chi connectivity index (χ3n) is 2.29. The Morgan fingerprint density at radius 2 is 2.22 bits per heavy atom. The highest BCUT2D eigenvalue weighted by atomic mass is 16.4. The monoisotopic (exact) mass is 248 g/mol. The molecule has 18 heavy (non-hydrogen) atoms. The number of carbonyl (C=O) groups excluding carboxylic acids is 1. The van der Waals surface area contributed by atoms with E-state index in [1.54, 1.807) is 24.4 Å². The Kier molecular flexibility index (Phi) is 5.05. The number of hydrogen-bond donors (Lipinski definition) is 2. The maximum atomic E-state index is 11.8. The average Bonchev–Trinajstić information content (AvgIpc) is 2.34. The van der Waals surface area contributed by atoms with Gasteiger partial charge in [-0.1, -0.05) is 11.6 Å². The van der Waals surface area contributed by atoms with Crippen molar-refractivity contribution in [1.82, 2.24) is 10.3 Å². The van der Waals surface area contributed by atoms with Crippen LogP contribution in [0.5, 0.6) is 0 Å². The Morgan fingerprint density at radius 3 is 2.72 bits per heavy atom. The molecule has 0 saturated carbocycles. The molecule has 0 spiro atoms. The molecule has 0 unspecified atom stereocenters. The Labute approximate surface area is 106 Å². The van der Waals surface area contributed by atoms with Gasteiger partial charge in [0.2, 0.25) is 0 Å². The Bertz CT molecular complexity index is 451. The number of carboxylic acid groups (broad SMARTS) is 1. The molecule has 0 aliphatic heterocycles. The van der Waals surface area contributed by atoms with Gasteiger partial charge >= 0.3 is 5.97 Å². The van der Waals surface area contributed by atoms with Crippen molar-refractivity contribution in [3.05, 3.63) is 41.7 Å². The molecule has 0 aromatic carbocycles. The van der Waals surface area contributed by atoms with E-state index in [2.05, 4.69) is 10.3 Å².